The van der Waals surface area contributed by atoms with Gasteiger partial charge < -0.3 is 5.73 Å². The Bertz CT molecular complexity index is 120. The van der Waals surface area contributed by atoms with Crippen molar-refractivity contribution in [2.45, 2.75) is 26.4 Å². The fraction of sp³-hybridized carbons (Fsp3) is 0.857. The van der Waals surface area contributed by atoms with Crippen molar-refractivity contribution in [3.63, 3.8) is 0 Å². The van der Waals surface area contributed by atoms with Gasteiger partial charge in [0.15, 0.2) is 0 Å². The molecule has 0 aromatic carbocycles. The molecule has 0 heterocycles. The molecule has 0 fully saturated rings. The van der Waals surface area contributed by atoms with Crippen LogP contribution in [0, 0.1) is 0 Å². The molecule has 0 saturated heterocycles. The fourth-order valence-electron chi connectivity index (χ4n) is 0.599. The van der Waals surface area contributed by atoms with Gasteiger partial charge in [-0.25, -0.2) is 5.06 Å². The fourth-order valence-corrected chi connectivity index (χ4v) is 0.599. The maximum absolute atomic E-state index is 10.3. The summed E-state index contributed by atoms with van der Waals surface area (Å²) < 4.78 is 0. The summed E-state index contributed by atoms with van der Waals surface area (Å²) in [6, 6.07) is 0. The van der Waals surface area contributed by atoms with Crippen LogP contribution in [0.15, 0.2) is 0 Å². The highest BCUT2D eigenvalue weighted by Crippen LogP contribution is 2.07. The van der Waals surface area contributed by atoms with Gasteiger partial charge in [0, 0.05) is 6.54 Å². The third kappa shape index (κ3) is 5.82. The first-order valence-electron chi connectivity index (χ1n) is 3.61. The monoisotopic (exact) mass is 160 g/mol. The minimum absolute atomic E-state index is 0.337. The molecule has 66 valence electrons. The van der Waals surface area contributed by atoms with Crippen molar-refractivity contribution < 1.29 is 9.63 Å². The summed E-state index contributed by atoms with van der Waals surface area (Å²) in [6.07, 6.45) is 0.637. The number of rotatable bonds is 4. The van der Waals surface area contributed by atoms with Gasteiger partial charge in [0.05, 0.1) is 12.1 Å². The molecule has 1 amide bonds. The Morgan fingerprint density at radius 2 is 2.09 bits per heavy atom. The lowest BCUT2D eigenvalue weighted by Gasteiger charge is -2.26. The summed E-state index contributed by atoms with van der Waals surface area (Å²) in [5.41, 5.74) is 4.91. The highest BCUT2D eigenvalue weighted by molar-refractivity contribution is 5.44. The van der Waals surface area contributed by atoms with Crippen LogP contribution in [0.5, 0.6) is 0 Å². The van der Waals surface area contributed by atoms with E-state index in [1.807, 2.05) is 20.8 Å². The Labute approximate surface area is 67.3 Å². The molecule has 0 aromatic rings. The van der Waals surface area contributed by atoms with Crippen LogP contribution < -0.4 is 5.73 Å². The van der Waals surface area contributed by atoms with Crippen LogP contribution in [0.1, 0.15) is 20.8 Å². The number of hydrogen-bond donors (Lipinski definition) is 1. The number of hydroxylamine groups is 2. The predicted octanol–water partition coefficient (Wildman–Crippen LogP) is 0.134. The van der Waals surface area contributed by atoms with E-state index < -0.39 is 0 Å². The molecule has 0 aliphatic carbocycles. The van der Waals surface area contributed by atoms with Crippen LogP contribution in [0.4, 0.5) is 0 Å². The standard InChI is InChI=1S/C7H16N2O2/c1-7(2,3)11-9(6-10)5-4-8/h6H,4-5,8H2,1-3H3. The summed E-state index contributed by atoms with van der Waals surface area (Å²) in [7, 11) is 0. The number of carbonyl (C=O) groups is 1. The average molecular weight is 160 g/mol. The largest absolute Gasteiger partial charge is 0.329 e. The first-order chi connectivity index (χ1) is 4.99. The van der Waals surface area contributed by atoms with Gasteiger partial charge in [0.25, 0.3) is 0 Å². The maximum Gasteiger partial charge on any atom is 0.233 e. The van der Waals surface area contributed by atoms with Crippen LogP contribution in [0.2, 0.25) is 0 Å². The zero-order valence-corrected chi connectivity index (χ0v) is 7.33. The molecule has 2 N–H and O–H groups in total. The molecular weight excluding hydrogens is 144 g/mol. The Hall–Kier alpha value is -0.610. The third-order valence-corrected chi connectivity index (χ3v) is 0.858. The van der Waals surface area contributed by atoms with Crippen molar-refractivity contribution in [3.8, 4) is 0 Å². The Morgan fingerprint density at radius 3 is 2.36 bits per heavy atom. The molecule has 0 spiro atoms. The maximum atomic E-state index is 10.3. The van der Waals surface area contributed by atoms with Crippen molar-refractivity contribution >= 4 is 6.41 Å². The van der Waals surface area contributed by atoms with E-state index >= 15 is 0 Å². The van der Waals surface area contributed by atoms with E-state index in [9.17, 15) is 4.79 Å². The second kappa shape index (κ2) is 4.31. The van der Waals surface area contributed by atoms with Crippen molar-refractivity contribution in [3.05, 3.63) is 0 Å². The summed E-state index contributed by atoms with van der Waals surface area (Å²) in [6.45, 7) is 6.47. The van der Waals surface area contributed by atoms with E-state index in [4.69, 9.17) is 10.6 Å². The first kappa shape index (κ1) is 10.4. The smallest absolute Gasteiger partial charge is 0.233 e. The third-order valence-electron chi connectivity index (χ3n) is 0.858. The summed E-state index contributed by atoms with van der Waals surface area (Å²) in [5, 5.41) is 1.21. The van der Waals surface area contributed by atoms with E-state index in [-0.39, 0.29) is 5.60 Å². The molecular formula is C7H16N2O2. The van der Waals surface area contributed by atoms with Gasteiger partial charge in [-0.05, 0) is 20.8 Å². The molecule has 0 bridgehead atoms. The second-order valence-electron chi connectivity index (χ2n) is 3.24. The normalized spacial score (nSPS) is 11.3. The van der Waals surface area contributed by atoms with Gasteiger partial charge in [-0.1, -0.05) is 0 Å². The molecule has 0 saturated carbocycles. The first-order valence-corrected chi connectivity index (χ1v) is 3.61. The molecule has 0 atom stereocenters. The quantitative estimate of drug-likeness (QED) is 0.470. The number of hydrogen-bond acceptors (Lipinski definition) is 3. The van der Waals surface area contributed by atoms with Crippen LogP contribution in [0.3, 0.4) is 0 Å². The average Bonchev–Trinajstić information content (AvgIpc) is 1.84. The summed E-state index contributed by atoms with van der Waals surface area (Å²) >= 11 is 0. The van der Waals surface area contributed by atoms with Gasteiger partial charge in [0.2, 0.25) is 6.41 Å². The Morgan fingerprint density at radius 1 is 1.55 bits per heavy atom. The van der Waals surface area contributed by atoms with E-state index in [0.29, 0.717) is 19.5 Å². The van der Waals surface area contributed by atoms with Crippen LogP contribution in [0.25, 0.3) is 0 Å². The number of nitrogens with zero attached hydrogens (tertiary/aromatic N) is 1. The minimum atomic E-state index is -0.337. The SMILES string of the molecule is CC(C)(C)ON(C=O)CCN. The van der Waals surface area contributed by atoms with Gasteiger partial charge in [0.1, 0.15) is 0 Å². The molecule has 0 aromatic heterocycles. The molecule has 0 aliphatic rings. The van der Waals surface area contributed by atoms with Crippen LogP contribution >= 0.6 is 0 Å². The minimum Gasteiger partial charge on any atom is -0.329 e. The lowest BCUT2D eigenvalue weighted by atomic mass is 10.2. The predicted molar refractivity (Wildman–Crippen MR) is 42.7 cm³/mol. The highest BCUT2D eigenvalue weighted by atomic mass is 16.7. The molecule has 4 heteroatoms. The molecule has 0 unspecified atom stereocenters. The van der Waals surface area contributed by atoms with Crippen molar-refractivity contribution in [1.82, 2.24) is 5.06 Å². The van der Waals surface area contributed by atoms with Crippen LogP contribution in [-0.2, 0) is 9.63 Å². The Kier molecular flexibility index (Phi) is 4.07. The van der Waals surface area contributed by atoms with Gasteiger partial charge >= 0.3 is 0 Å². The topological polar surface area (TPSA) is 55.6 Å². The lowest BCUT2D eigenvalue weighted by Crippen LogP contribution is -2.36. The summed E-state index contributed by atoms with van der Waals surface area (Å²) in [5.74, 6) is 0. The molecule has 0 radical (unpaired) electrons. The van der Waals surface area contributed by atoms with Crippen molar-refractivity contribution in [1.29, 1.82) is 0 Å². The highest BCUT2D eigenvalue weighted by Gasteiger charge is 2.14. The molecule has 0 rings (SSSR count). The van der Waals surface area contributed by atoms with Crippen molar-refractivity contribution in [2.75, 3.05) is 13.1 Å². The zero-order chi connectivity index (χ0) is 8.91. The van der Waals surface area contributed by atoms with Crippen molar-refractivity contribution in [2.24, 2.45) is 5.73 Å². The molecule has 11 heavy (non-hydrogen) atoms. The number of nitrogens with two attached hydrogens (primary N) is 1. The lowest BCUT2D eigenvalue weighted by molar-refractivity contribution is -0.214. The Balaban J connectivity index is 3.77. The molecule has 4 nitrogen and oxygen atoms in total. The van der Waals surface area contributed by atoms with E-state index in [1.54, 1.807) is 0 Å². The van der Waals surface area contributed by atoms with Crippen LogP contribution in [-0.4, -0.2) is 30.2 Å². The molecule has 0 aliphatic heterocycles. The van der Waals surface area contributed by atoms with Gasteiger partial charge in [-0.15, -0.1) is 0 Å². The van der Waals surface area contributed by atoms with E-state index in [1.165, 1.54) is 5.06 Å². The van der Waals surface area contributed by atoms with Gasteiger partial charge in [-0.3, -0.25) is 9.63 Å². The second-order valence-corrected chi connectivity index (χ2v) is 3.24. The number of amides is 1. The van der Waals surface area contributed by atoms with Gasteiger partial charge in [-0.2, -0.15) is 0 Å². The summed E-state index contributed by atoms with van der Waals surface area (Å²) in [4.78, 5) is 15.5. The zero-order valence-electron chi connectivity index (χ0n) is 7.33. The number of carbonyl (C=O) groups excluding carboxylic acids is 1. The van der Waals surface area contributed by atoms with E-state index in [0.717, 1.165) is 0 Å². The van der Waals surface area contributed by atoms with E-state index in [2.05, 4.69) is 0 Å².